The highest BCUT2D eigenvalue weighted by Crippen LogP contribution is 2.16. The molecule has 1 N–H and O–H groups in total. The first-order chi connectivity index (χ1) is 9.66. The van der Waals surface area contributed by atoms with Crippen molar-refractivity contribution in [2.45, 2.75) is 45.6 Å². The molecule has 20 heavy (non-hydrogen) atoms. The number of hydrogen-bond acceptors (Lipinski definition) is 3. The maximum Gasteiger partial charge on any atom is 0.252 e. The number of likely N-dealkylation sites (tertiary alicyclic amines) is 1. The third-order valence-electron chi connectivity index (χ3n) is 4.02. The summed E-state index contributed by atoms with van der Waals surface area (Å²) in [5.74, 6) is -0.0239. The summed E-state index contributed by atoms with van der Waals surface area (Å²) in [4.78, 5) is 18.6. The lowest BCUT2D eigenvalue weighted by atomic mass is 10.0. The van der Waals surface area contributed by atoms with Gasteiger partial charge in [-0.05, 0) is 51.8 Å². The fourth-order valence-corrected chi connectivity index (χ4v) is 2.68. The van der Waals surface area contributed by atoms with Crippen molar-refractivity contribution in [3.63, 3.8) is 0 Å². The first-order valence-corrected chi connectivity index (χ1v) is 7.62. The van der Waals surface area contributed by atoms with Gasteiger partial charge in [0.15, 0.2) is 0 Å². The molecular weight excluding hydrogens is 250 g/mol. The van der Waals surface area contributed by atoms with Crippen molar-refractivity contribution in [3.8, 4) is 0 Å². The number of amides is 1. The van der Waals surface area contributed by atoms with Crippen LogP contribution in [0.2, 0.25) is 0 Å². The zero-order valence-electron chi connectivity index (χ0n) is 12.6. The minimum Gasteiger partial charge on any atom is -0.352 e. The first kappa shape index (κ1) is 15.0. The zero-order chi connectivity index (χ0) is 14.4. The third-order valence-corrected chi connectivity index (χ3v) is 4.02. The lowest BCUT2D eigenvalue weighted by Gasteiger charge is -2.33. The van der Waals surface area contributed by atoms with Crippen LogP contribution in [0.3, 0.4) is 0 Å². The van der Waals surface area contributed by atoms with Gasteiger partial charge in [0, 0.05) is 31.0 Å². The van der Waals surface area contributed by atoms with Gasteiger partial charge in [0.2, 0.25) is 0 Å². The normalized spacial score (nSPS) is 19.8. The Morgan fingerprint density at radius 1 is 1.45 bits per heavy atom. The van der Waals surface area contributed by atoms with Gasteiger partial charge in [0.05, 0.1) is 5.56 Å². The van der Waals surface area contributed by atoms with Gasteiger partial charge < -0.3 is 10.2 Å². The van der Waals surface area contributed by atoms with Crippen molar-refractivity contribution in [1.82, 2.24) is 15.2 Å². The molecule has 1 aliphatic heterocycles. The van der Waals surface area contributed by atoms with E-state index in [0.717, 1.165) is 25.2 Å². The Kier molecular flexibility index (Phi) is 5.53. The Balaban J connectivity index is 1.67. The average molecular weight is 275 g/mol. The van der Waals surface area contributed by atoms with Crippen LogP contribution in [0.15, 0.2) is 18.3 Å². The molecule has 1 aromatic rings. The Morgan fingerprint density at radius 2 is 2.30 bits per heavy atom. The van der Waals surface area contributed by atoms with Gasteiger partial charge in [0.25, 0.3) is 5.91 Å². The number of aromatic nitrogens is 1. The molecule has 0 aromatic carbocycles. The fraction of sp³-hybridized carbons (Fsp3) is 0.625. The van der Waals surface area contributed by atoms with E-state index >= 15 is 0 Å². The molecule has 0 bridgehead atoms. The number of nitrogens with zero attached hydrogens (tertiary/aromatic N) is 2. The highest BCUT2D eigenvalue weighted by molar-refractivity contribution is 5.93. The molecule has 0 radical (unpaired) electrons. The summed E-state index contributed by atoms with van der Waals surface area (Å²) in [7, 11) is 0. The second-order valence-electron chi connectivity index (χ2n) is 5.68. The number of aryl methyl sites for hydroxylation is 1. The van der Waals surface area contributed by atoms with Crippen LogP contribution >= 0.6 is 0 Å². The molecule has 110 valence electrons. The highest BCUT2D eigenvalue weighted by Gasteiger charge is 2.17. The smallest absolute Gasteiger partial charge is 0.252 e. The highest BCUT2D eigenvalue weighted by atomic mass is 16.1. The molecule has 2 rings (SSSR count). The topological polar surface area (TPSA) is 45.2 Å². The molecule has 0 aliphatic carbocycles. The number of hydrogen-bond donors (Lipinski definition) is 1. The summed E-state index contributed by atoms with van der Waals surface area (Å²) in [6, 6.07) is 4.38. The molecule has 1 amide bonds. The Morgan fingerprint density at radius 3 is 3.00 bits per heavy atom. The van der Waals surface area contributed by atoms with Crippen molar-refractivity contribution in [2.75, 3.05) is 19.6 Å². The van der Waals surface area contributed by atoms with Crippen molar-refractivity contribution >= 4 is 5.91 Å². The molecule has 1 atom stereocenters. The number of pyridine rings is 1. The van der Waals surface area contributed by atoms with E-state index < -0.39 is 0 Å². The number of rotatable bonds is 5. The number of carbonyl (C=O) groups is 1. The Bertz CT molecular complexity index is 430. The van der Waals surface area contributed by atoms with E-state index in [2.05, 4.69) is 22.1 Å². The van der Waals surface area contributed by atoms with Crippen LogP contribution in [0.25, 0.3) is 0 Å². The van der Waals surface area contributed by atoms with Gasteiger partial charge in [-0.3, -0.25) is 9.78 Å². The second kappa shape index (κ2) is 7.39. The maximum absolute atomic E-state index is 11.9. The van der Waals surface area contributed by atoms with Crippen LogP contribution in [0, 0.1) is 6.92 Å². The molecular formula is C16H25N3O. The molecule has 1 aromatic heterocycles. The Hall–Kier alpha value is -1.42. The van der Waals surface area contributed by atoms with Gasteiger partial charge in [0.1, 0.15) is 0 Å². The predicted octanol–water partition coefficient (Wildman–Crippen LogP) is 2.38. The van der Waals surface area contributed by atoms with Gasteiger partial charge in [-0.25, -0.2) is 0 Å². The molecule has 1 aliphatic rings. The summed E-state index contributed by atoms with van der Waals surface area (Å²) >= 11 is 0. The fourth-order valence-electron chi connectivity index (χ4n) is 2.68. The van der Waals surface area contributed by atoms with E-state index in [1.807, 2.05) is 19.1 Å². The van der Waals surface area contributed by atoms with E-state index in [1.54, 1.807) is 6.20 Å². The minimum atomic E-state index is -0.0239. The standard InChI is InChI=1S/C16H25N3O/c1-13-7-8-15(12-18-13)16(20)17-9-5-11-19-10-4-3-6-14(19)2/h7-8,12,14H,3-6,9-11H2,1-2H3,(H,17,20). The number of carbonyl (C=O) groups excluding carboxylic acids is 1. The summed E-state index contributed by atoms with van der Waals surface area (Å²) in [5, 5.41) is 2.97. The molecule has 1 fully saturated rings. The third kappa shape index (κ3) is 4.30. The zero-order valence-corrected chi connectivity index (χ0v) is 12.6. The monoisotopic (exact) mass is 275 g/mol. The molecule has 0 spiro atoms. The SMILES string of the molecule is Cc1ccc(C(=O)NCCCN2CCCCC2C)cn1. The summed E-state index contributed by atoms with van der Waals surface area (Å²) < 4.78 is 0. The number of nitrogens with one attached hydrogen (secondary N) is 1. The molecule has 4 nitrogen and oxygen atoms in total. The molecule has 1 saturated heterocycles. The van der Waals surface area contributed by atoms with E-state index in [9.17, 15) is 4.79 Å². The van der Waals surface area contributed by atoms with Crippen molar-refractivity contribution in [2.24, 2.45) is 0 Å². The van der Waals surface area contributed by atoms with Crippen LogP contribution in [0.4, 0.5) is 0 Å². The van der Waals surface area contributed by atoms with E-state index in [4.69, 9.17) is 0 Å². The van der Waals surface area contributed by atoms with Crippen LogP contribution < -0.4 is 5.32 Å². The van der Waals surface area contributed by atoms with Crippen molar-refractivity contribution < 1.29 is 4.79 Å². The average Bonchev–Trinajstić information content (AvgIpc) is 2.46. The molecule has 2 heterocycles. The second-order valence-corrected chi connectivity index (χ2v) is 5.68. The van der Waals surface area contributed by atoms with Gasteiger partial charge in [-0.1, -0.05) is 6.42 Å². The van der Waals surface area contributed by atoms with Crippen LogP contribution in [-0.2, 0) is 0 Å². The largest absolute Gasteiger partial charge is 0.352 e. The van der Waals surface area contributed by atoms with Crippen LogP contribution in [0.1, 0.15) is 48.7 Å². The van der Waals surface area contributed by atoms with Gasteiger partial charge in [-0.15, -0.1) is 0 Å². The van der Waals surface area contributed by atoms with Gasteiger partial charge in [-0.2, -0.15) is 0 Å². The van der Waals surface area contributed by atoms with Crippen molar-refractivity contribution in [3.05, 3.63) is 29.6 Å². The first-order valence-electron chi connectivity index (χ1n) is 7.62. The van der Waals surface area contributed by atoms with E-state index in [0.29, 0.717) is 11.6 Å². The van der Waals surface area contributed by atoms with Crippen molar-refractivity contribution in [1.29, 1.82) is 0 Å². The summed E-state index contributed by atoms with van der Waals surface area (Å²) in [6.07, 6.45) is 6.62. The lowest BCUT2D eigenvalue weighted by molar-refractivity contribution is 0.0948. The quantitative estimate of drug-likeness (QED) is 0.839. The number of piperidine rings is 1. The van der Waals surface area contributed by atoms with E-state index in [1.165, 1.54) is 25.8 Å². The van der Waals surface area contributed by atoms with Crippen LogP contribution in [0.5, 0.6) is 0 Å². The van der Waals surface area contributed by atoms with Crippen LogP contribution in [-0.4, -0.2) is 41.5 Å². The predicted molar refractivity (Wildman–Crippen MR) is 80.8 cm³/mol. The minimum absolute atomic E-state index is 0.0239. The summed E-state index contributed by atoms with van der Waals surface area (Å²) in [5.41, 5.74) is 1.57. The lowest BCUT2D eigenvalue weighted by Crippen LogP contribution is -2.39. The van der Waals surface area contributed by atoms with Gasteiger partial charge >= 0.3 is 0 Å². The maximum atomic E-state index is 11.9. The molecule has 1 unspecified atom stereocenters. The Labute approximate surface area is 121 Å². The molecule has 4 heteroatoms. The summed E-state index contributed by atoms with van der Waals surface area (Å²) in [6.45, 7) is 7.23. The van der Waals surface area contributed by atoms with E-state index in [-0.39, 0.29) is 5.91 Å². The molecule has 0 saturated carbocycles.